The number of hydrogen-bond acceptors (Lipinski definition) is 5. The first kappa shape index (κ1) is 15.0. The molecule has 0 aromatic carbocycles. The van der Waals surface area contributed by atoms with Crippen LogP contribution in [0.5, 0.6) is 0 Å². The van der Waals surface area contributed by atoms with Gasteiger partial charge in [0.1, 0.15) is 0 Å². The maximum atomic E-state index is 12.3. The molecule has 0 bridgehead atoms. The lowest BCUT2D eigenvalue weighted by Gasteiger charge is -2.34. The van der Waals surface area contributed by atoms with Gasteiger partial charge in [-0.15, -0.1) is 11.3 Å². The monoisotopic (exact) mass is 297 g/mol. The Bertz CT molecular complexity index is 463. The minimum Gasteiger partial charge on any atom is -0.373 e. The molecule has 0 spiro atoms. The molecule has 6 nitrogen and oxygen atoms in total. The van der Waals surface area contributed by atoms with Crippen molar-refractivity contribution in [2.75, 3.05) is 39.8 Å². The summed E-state index contributed by atoms with van der Waals surface area (Å²) in [4.78, 5) is 27.5. The van der Waals surface area contributed by atoms with Gasteiger partial charge in [-0.25, -0.2) is 0 Å². The predicted molar refractivity (Wildman–Crippen MR) is 76.7 cm³/mol. The van der Waals surface area contributed by atoms with Gasteiger partial charge in [0.2, 0.25) is 5.91 Å². The summed E-state index contributed by atoms with van der Waals surface area (Å²) in [6.07, 6.45) is -0.0861. The van der Waals surface area contributed by atoms with Gasteiger partial charge in [0, 0.05) is 19.6 Å². The van der Waals surface area contributed by atoms with Gasteiger partial charge in [0.25, 0.3) is 5.91 Å². The second kappa shape index (κ2) is 6.83. The minimum absolute atomic E-state index is 0.0471. The van der Waals surface area contributed by atoms with Crippen molar-refractivity contribution in [2.24, 2.45) is 5.73 Å². The van der Waals surface area contributed by atoms with E-state index in [-0.39, 0.29) is 24.5 Å². The molecule has 0 saturated carbocycles. The second-order valence-corrected chi connectivity index (χ2v) is 5.83. The van der Waals surface area contributed by atoms with Crippen LogP contribution in [0.4, 0.5) is 0 Å². The molecule has 0 aliphatic carbocycles. The fourth-order valence-corrected chi connectivity index (χ4v) is 2.94. The number of nitrogens with zero attached hydrogens (tertiary/aromatic N) is 2. The summed E-state index contributed by atoms with van der Waals surface area (Å²) in [7, 11) is 1.81. The maximum absolute atomic E-state index is 12.3. The van der Waals surface area contributed by atoms with Crippen LogP contribution in [0.3, 0.4) is 0 Å². The van der Waals surface area contributed by atoms with Gasteiger partial charge in [0.05, 0.1) is 24.1 Å². The van der Waals surface area contributed by atoms with Crippen LogP contribution in [0.2, 0.25) is 0 Å². The number of morpholine rings is 1. The fourth-order valence-electron chi connectivity index (χ4n) is 2.25. The number of rotatable bonds is 5. The first-order chi connectivity index (χ1) is 9.56. The van der Waals surface area contributed by atoms with E-state index >= 15 is 0 Å². The molecule has 1 aliphatic heterocycles. The topological polar surface area (TPSA) is 75.9 Å². The lowest BCUT2D eigenvalue weighted by molar-refractivity contribution is -0.119. The highest BCUT2D eigenvalue weighted by Crippen LogP contribution is 2.15. The first-order valence-corrected chi connectivity index (χ1v) is 7.35. The molecule has 1 saturated heterocycles. The quantitative estimate of drug-likeness (QED) is 0.830. The normalized spacial score (nSPS) is 19.3. The summed E-state index contributed by atoms with van der Waals surface area (Å²) in [5.74, 6) is -0.319. The molecule has 7 heteroatoms. The van der Waals surface area contributed by atoms with Crippen LogP contribution in [0, 0.1) is 0 Å². The third-order valence-electron chi connectivity index (χ3n) is 3.10. The highest BCUT2D eigenvalue weighted by atomic mass is 32.1. The Hall–Kier alpha value is -1.44. The van der Waals surface area contributed by atoms with Gasteiger partial charge in [-0.2, -0.15) is 0 Å². The molecular weight excluding hydrogens is 278 g/mol. The molecule has 110 valence electrons. The highest BCUT2D eigenvalue weighted by molar-refractivity contribution is 7.12. The summed E-state index contributed by atoms with van der Waals surface area (Å²) in [5, 5.41) is 1.89. The van der Waals surface area contributed by atoms with Crippen LogP contribution in [0.25, 0.3) is 0 Å². The SMILES string of the molecule is CN(CC(N)=O)C[C@@H]1CN(C(=O)c2cccs2)CCO1. The summed E-state index contributed by atoms with van der Waals surface area (Å²) < 4.78 is 5.64. The van der Waals surface area contributed by atoms with Gasteiger partial charge >= 0.3 is 0 Å². The molecule has 2 amide bonds. The third-order valence-corrected chi connectivity index (χ3v) is 3.96. The largest absolute Gasteiger partial charge is 0.373 e. The van der Waals surface area contributed by atoms with Gasteiger partial charge in [0.15, 0.2) is 0 Å². The average molecular weight is 297 g/mol. The summed E-state index contributed by atoms with van der Waals surface area (Å²) in [6.45, 7) is 2.44. The van der Waals surface area contributed by atoms with Crippen molar-refractivity contribution in [1.82, 2.24) is 9.80 Å². The van der Waals surface area contributed by atoms with E-state index in [1.54, 1.807) is 4.90 Å². The van der Waals surface area contributed by atoms with Gasteiger partial charge in [-0.05, 0) is 18.5 Å². The molecule has 1 aromatic rings. The van der Waals surface area contributed by atoms with Crippen molar-refractivity contribution in [2.45, 2.75) is 6.10 Å². The molecule has 2 rings (SSSR count). The van der Waals surface area contributed by atoms with Crippen molar-refractivity contribution in [1.29, 1.82) is 0 Å². The third kappa shape index (κ3) is 4.03. The number of thiophene rings is 1. The van der Waals surface area contributed by atoms with Crippen LogP contribution in [-0.2, 0) is 9.53 Å². The fraction of sp³-hybridized carbons (Fsp3) is 0.538. The smallest absolute Gasteiger partial charge is 0.264 e. The molecular formula is C13H19N3O3S. The number of carbonyl (C=O) groups excluding carboxylic acids is 2. The van der Waals surface area contributed by atoms with Crippen molar-refractivity contribution < 1.29 is 14.3 Å². The minimum atomic E-state index is -0.366. The van der Waals surface area contributed by atoms with Crippen LogP contribution < -0.4 is 5.73 Å². The zero-order valence-corrected chi connectivity index (χ0v) is 12.3. The molecule has 20 heavy (non-hydrogen) atoms. The molecule has 1 fully saturated rings. The summed E-state index contributed by atoms with van der Waals surface area (Å²) in [5.41, 5.74) is 5.15. The van der Waals surface area contributed by atoms with Crippen molar-refractivity contribution in [3.8, 4) is 0 Å². The maximum Gasteiger partial charge on any atom is 0.264 e. The van der Waals surface area contributed by atoms with E-state index in [9.17, 15) is 9.59 Å². The summed E-state index contributed by atoms with van der Waals surface area (Å²) in [6, 6.07) is 3.70. The molecule has 0 unspecified atom stereocenters. The summed E-state index contributed by atoms with van der Waals surface area (Å²) >= 11 is 1.44. The average Bonchev–Trinajstić information content (AvgIpc) is 2.91. The Labute approximate surface area is 122 Å². The Morgan fingerprint density at radius 1 is 1.60 bits per heavy atom. The van der Waals surface area contributed by atoms with Gasteiger partial charge < -0.3 is 15.4 Å². The van der Waals surface area contributed by atoms with Crippen molar-refractivity contribution in [3.63, 3.8) is 0 Å². The standard InChI is InChI=1S/C13H19N3O3S/c1-15(9-12(14)17)7-10-8-16(4-5-19-10)13(18)11-3-2-6-20-11/h2-3,6,10H,4-5,7-9H2,1H3,(H2,14,17)/t10-/m1/s1. The first-order valence-electron chi connectivity index (χ1n) is 6.47. The Kier molecular flexibility index (Phi) is 5.11. The van der Waals surface area contributed by atoms with E-state index in [0.29, 0.717) is 26.2 Å². The van der Waals surface area contributed by atoms with Crippen molar-refractivity contribution >= 4 is 23.2 Å². The zero-order valence-electron chi connectivity index (χ0n) is 11.4. The number of carbonyl (C=O) groups is 2. The van der Waals surface area contributed by atoms with Crippen LogP contribution in [0.1, 0.15) is 9.67 Å². The lowest BCUT2D eigenvalue weighted by atomic mass is 10.2. The predicted octanol–water partition coefficient (Wildman–Crippen LogP) is 0.00620. The molecule has 0 radical (unpaired) electrons. The number of amides is 2. The lowest BCUT2D eigenvalue weighted by Crippen LogP contribution is -2.49. The van der Waals surface area contributed by atoms with Crippen LogP contribution in [-0.4, -0.2) is 67.6 Å². The van der Waals surface area contributed by atoms with Gasteiger partial charge in [-0.1, -0.05) is 6.07 Å². The number of hydrogen-bond donors (Lipinski definition) is 1. The second-order valence-electron chi connectivity index (χ2n) is 4.88. The number of primary amides is 1. The van der Waals surface area contributed by atoms with Crippen LogP contribution >= 0.6 is 11.3 Å². The number of ether oxygens (including phenoxy) is 1. The van der Waals surface area contributed by atoms with E-state index in [0.717, 1.165) is 4.88 Å². The Morgan fingerprint density at radius 3 is 3.05 bits per heavy atom. The Balaban J connectivity index is 1.88. The Morgan fingerprint density at radius 2 is 2.40 bits per heavy atom. The zero-order chi connectivity index (χ0) is 14.5. The number of nitrogens with two attached hydrogens (primary N) is 1. The molecule has 1 atom stereocenters. The molecule has 2 heterocycles. The van der Waals surface area contributed by atoms with E-state index in [1.807, 2.05) is 29.5 Å². The van der Waals surface area contributed by atoms with E-state index < -0.39 is 0 Å². The molecule has 1 aromatic heterocycles. The van der Waals surface area contributed by atoms with E-state index in [1.165, 1.54) is 11.3 Å². The van der Waals surface area contributed by atoms with E-state index in [4.69, 9.17) is 10.5 Å². The molecule has 1 aliphatic rings. The molecule has 2 N–H and O–H groups in total. The number of likely N-dealkylation sites (N-methyl/N-ethyl adjacent to an activating group) is 1. The highest BCUT2D eigenvalue weighted by Gasteiger charge is 2.26. The van der Waals surface area contributed by atoms with E-state index in [2.05, 4.69) is 0 Å². The van der Waals surface area contributed by atoms with Gasteiger partial charge in [-0.3, -0.25) is 14.5 Å². The van der Waals surface area contributed by atoms with Crippen LogP contribution in [0.15, 0.2) is 17.5 Å². The van der Waals surface area contributed by atoms with Crippen molar-refractivity contribution in [3.05, 3.63) is 22.4 Å².